The van der Waals surface area contributed by atoms with Gasteiger partial charge in [-0.2, -0.15) is 0 Å². The van der Waals surface area contributed by atoms with Gasteiger partial charge in [-0.25, -0.2) is 0 Å². The number of benzene rings is 1. The van der Waals surface area contributed by atoms with Gasteiger partial charge in [0.2, 0.25) is 0 Å². The van der Waals surface area contributed by atoms with E-state index in [9.17, 15) is 0 Å². The zero-order valence-corrected chi connectivity index (χ0v) is 8.61. The molecule has 0 aliphatic rings. The monoisotopic (exact) mass is 246 g/mol. The average molecular weight is 247 g/mol. The second-order valence-corrected chi connectivity index (χ2v) is 2.75. The van der Waals surface area contributed by atoms with Gasteiger partial charge in [-0.05, 0) is 12.1 Å². The molecule has 1 rings (SSSR count). The van der Waals surface area contributed by atoms with Gasteiger partial charge < -0.3 is 9.84 Å². The number of alkyl halides is 1. The molecule has 0 heterocycles. The Morgan fingerprint density at radius 2 is 1.92 bits per heavy atom. The largest absolute Gasteiger partial charge is 0.493 e. The van der Waals surface area contributed by atoms with Gasteiger partial charge in [-0.15, -0.1) is 0 Å². The molecule has 0 saturated carbocycles. The van der Waals surface area contributed by atoms with Crippen molar-refractivity contribution in [2.75, 3.05) is 11.9 Å². The van der Waals surface area contributed by atoms with Crippen LogP contribution in [0, 0.1) is 0 Å². The predicted octanol–water partition coefficient (Wildman–Crippen LogP) is 2.16. The minimum Gasteiger partial charge on any atom is -0.493 e. The van der Waals surface area contributed by atoms with Crippen LogP contribution in [-0.4, -0.2) is 23.5 Å². The number of hydrogen-bond donors (Lipinski definition) is 1. The normalized spacial score (nSPS) is 8.08. The van der Waals surface area contributed by atoms with Crippen LogP contribution in [0.1, 0.15) is 0 Å². The van der Waals surface area contributed by atoms with Crippen molar-refractivity contribution in [2.45, 2.75) is 0 Å². The molecule has 0 aliphatic heterocycles. The third-order valence-corrected chi connectivity index (χ3v) is 1.41. The smallest absolute Gasteiger partial charge is 0.290 e. The number of para-hydroxylation sites is 1. The molecule has 1 aromatic carbocycles. The van der Waals surface area contributed by atoms with Crippen molar-refractivity contribution >= 4 is 22.4 Å². The van der Waals surface area contributed by atoms with Gasteiger partial charge in [0.1, 0.15) is 5.75 Å². The number of halogens is 1. The Kier molecular flexibility index (Phi) is 8.34. The summed E-state index contributed by atoms with van der Waals surface area (Å²) in [5, 5.41) is 7.77. The molecular formula is C9H11BrO3. The van der Waals surface area contributed by atoms with Gasteiger partial charge in [0.15, 0.2) is 0 Å². The van der Waals surface area contributed by atoms with E-state index in [4.69, 9.17) is 14.6 Å². The first-order valence-electron chi connectivity index (χ1n) is 3.66. The minimum atomic E-state index is -0.250. The molecule has 0 unspecified atom stereocenters. The summed E-state index contributed by atoms with van der Waals surface area (Å²) in [7, 11) is 0. The minimum absolute atomic E-state index is 0.250. The fourth-order valence-electron chi connectivity index (χ4n) is 0.673. The van der Waals surface area contributed by atoms with Crippen molar-refractivity contribution in [2.24, 2.45) is 0 Å². The summed E-state index contributed by atoms with van der Waals surface area (Å²) in [5.41, 5.74) is 0. The molecule has 0 spiro atoms. The van der Waals surface area contributed by atoms with E-state index >= 15 is 0 Å². The molecule has 4 heteroatoms. The van der Waals surface area contributed by atoms with E-state index in [0.29, 0.717) is 0 Å². The van der Waals surface area contributed by atoms with Crippen molar-refractivity contribution < 1.29 is 14.6 Å². The third kappa shape index (κ3) is 7.33. The quantitative estimate of drug-likeness (QED) is 0.657. The van der Waals surface area contributed by atoms with Gasteiger partial charge >= 0.3 is 0 Å². The van der Waals surface area contributed by atoms with Crippen LogP contribution in [0.15, 0.2) is 30.3 Å². The Hall–Kier alpha value is -1.03. The van der Waals surface area contributed by atoms with Crippen molar-refractivity contribution in [1.82, 2.24) is 0 Å². The average Bonchev–Trinajstić information content (AvgIpc) is 2.18. The molecule has 0 fully saturated rings. The van der Waals surface area contributed by atoms with Gasteiger partial charge in [-0.3, -0.25) is 4.79 Å². The van der Waals surface area contributed by atoms with Crippen molar-refractivity contribution in [3.05, 3.63) is 30.3 Å². The van der Waals surface area contributed by atoms with E-state index in [1.165, 1.54) is 0 Å². The lowest BCUT2D eigenvalue weighted by atomic mass is 10.3. The van der Waals surface area contributed by atoms with Crippen LogP contribution in [0.3, 0.4) is 0 Å². The summed E-state index contributed by atoms with van der Waals surface area (Å²) in [6, 6.07) is 9.79. The van der Waals surface area contributed by atoms with Gasteiger partial charge in [0.25, 0.3) is 6.47 Å². The highest BCUT2D eigenvalue weighted by Gasteiger charge is 1.87. The lowest BCUT2D eigenvalue weighted by molar-refractivity contribution is -0.122. The number of ether oxygens (including phenoxy) is 1. The number of carbonyl (C=O) groups is 1. The Morgan fingerprint density at radius 1 is 1.38 bits per heavy atom. The van der Waals surface area contributed by atoms with E-state index < -0.39 is 0 Å². The Bertz CT molecular complexity index is 213. The van der Waals surface area contributed by atoms with Gasteiger partial charge in [-0.1, -0.05) is 34.1 Å². The molecule has 0 atom stereocenters. The summed E-state index contributed by atoms with van der Waals surface area (Å²) in [6.07, 6.45) is 0. The zero-order valence-electron chi connectivity index (χ0n) is 7.02. The maximum Gasteiger partial charge on any atom is 0.290 e. The highest BCUT2D eigenvalue weighted by atomic mass is 79.9. The van der Waals surface area contributed by atoms with Crippen LogP contribution in [0.4, 0.5) is 0 Å². The van der Waals surface area contributed by atoms with Crippen LogP contribution < -0.4 is 4.74 Å². The standard InChI is InChI=1S/C8H9BrO.CH2O2/c9-6-7-10-8-4-2-1-3-5-8;2-1-3/h1-5H,6-7H2;1H,(H,2,3). The first kappa shape index (κ1) is 12.0. The topological polar surface area (TPSA) is 46.5 Å². The highest BCUT2D eigenvalue weighted by Crippen LogP contribution is 2.07. The fourth-order valence-corrected chi connectivity index (χ4v) is 0.835. The first-order chi connectivity index (χ1) is 6.35. The van der Waals surface area contributed by atoms with Crippen LogP contribution in [0.2, 0.25) is 0 Å². The molecule has 1 aromatic rings. The first-order valence-corrected chi connectivity index (χ1v) is 4.79. The van der Waals surface area contributed by atoms with Crippen LogP contribution >= 0.6 is 15.9 Å². The summed E-state index contributed by atoms with van der Waals surface area (Å²) < 4.78 is 5.31. The SMILES string of the molecule is BrCCOc1ccccc1.O=CO. The highest BCUT2D eigenvalue weighted by molar-refractivity contribution is 9.09. The third-order valence-electron chi connectivity index (χ3n) is 1.09. The Balaban J connectivity index is 0.000000424. The van der Waals surface area contributed by atoms with E-state index in [1.54, 1.807) is 0 Å². The zero-order chi connectivity index (χ0) is 9.94. The van der Waals surface area contributed by atoms with Crippen LogP contribution in [0.5, 0.6) is 5.75 Å². The predicted molar refractivity (Wildman–Crippen MR) is 54.4 cm³/mol. The fraction of sp³-hybridized carbons (Fsp3) is 0.222. The maximum absolute atomic E-state index is 8.36. The maximum atomic E-state index is 8.36. The second-order valence-electron chi connectivity index (χ2n) is 1.96. The van der Waals surface area contributed by atoms with Gasteiger partial charge in [0.05, 0.1) is 6.61 Å². The van der Waals surface area contributed by atoms with Crippen molar-refractivity contribution in [3.63, 3.8) is 0 Å². The van der Waals surface area contributed by atoms with Crippen molar-refractivity contribution in [1.29, 1.82) is 0 Å². The number of hydrogen-bond acceptors (Lipinski definition) is 2. The lowest BCUT2D eigenvalue weighted by Gasteiger charge is -2.01. The van der Waals surface area contributed by atoms with E-state index in [1.807, 2.05) is 30.3 Å². The van der Waals surface area contributed by atoms with Crippen LogP contribution in [0.25, 0.3) is 0 Å². The Morgan fingerprint density at radius 3 is 2.38 bits per heavy atom. The second kappa shape index (κ2) is 9.06. The molecule has 0 bridgehead atoms. The van der Waals surface area contributed by atoms with E-state index in [0.717, 1.165) is 17.7 Å². The molecule has 0 aliphatic carbocycles. The molecule has 0 amide bonds. The molecule has 0 saturated heterocycles. The molecular weight excluding hydrogens is 236 g/mol. The van der Waals surface area contributed by atoms with Gasteiger partial charge in [0, 0.05) is 5.33 Å². The summed E-state index contributed by atoms with van der Waals surface area (Å²) >= 11 is 3.28. The molecule has 13 heavy (non-hydrogen) atoms. The lowest BCUT2D eigenvalue weighted by Crippen LogP contribution is -1.96. The molecule has 0 radical (unpaired) electrons. The molecule has 1 N–H and O–H groups in total. The van der Waals surface area contributed by atoms with E-state index in [2.05, 4.69) is 15.9 Å². The van der Waals surface area contributed by atoms with Crippen molar-refractivity contribution in [3.8, 4) is 5.75 Å². The Labute approximate surface area is 85.5 Å². The summed E-state index contributed by atoms with van der Waals surface area (Å²) in [6.45, 7) is 0.476. The van der Waals surface area contributed by atoms with E-state index in [-0.39, 0.29) is 6.47 Å². The number of rotatable bonds is 3. The summed E-state index contributed by atoms with van der Waals surface area (Å²) in [5.74, 6) is 0.932. The molecule has 0 aromatic heterocycles. The number of carboxylic acid groups (broad SMARTS) is 1. The molecule has 72 valence electrons. The summed E-state index contributed by atoms with van der Waals surface area (Å²) in [4.78, 5) is 8.36. The molecule has 3 nitrogen and oxygen atoms in total. The van der Waals surface area contributed by atoms with Crippen LogP contribution in [-0.2, 0) is 4.79 Å².